The zero-order chi connectivity index (χ0) is 9.19. The van der Waals surface area contributed by atoms with Crippen molar-refractivity contribution in [1.29, 1.82) is 0 Å². The number of hydrogen-bond donors (Lipinski definition) is 1. The van der Waals surface area contributed by atoms with Crippen molar-refractivity contribution in [3.63, 3.8) is 0 Å². The van der Waals surface area contributed by atoms with E-state index in [0.29, 0.717) is 0 Å². The van der Waals surface area contributed by atoms with E-state index in [0.717, 1.165) is 0 Å². The lowest BCUT2D eigenvalue weighted by Crippen LogP contribution is -2.01. The fourth-order valence-electron chi connectivity index (χ4n) is 0.779. The van der Waals surface area contributed by atoms with E-state index in [1.807, 2.05) is 0 Å². The van der Waals surface area contributed by atoms with Crippen LogP contribution < -0.4 is 0 Å². The van der Waals surface area contributed by atoms with Crippen molar-refractivity contribution in [1.82, 2.24) is 0 Å². The standard InChI is InChI=1S/C7H7BrO3S/c8-5-12(10,11)7-4-2-1-3-6(7)9/h1-4,9H,5H2. The Morgan fingerprint density at radius 1 is 1.33 bits per heavy atom. The molecule has 0 saturated carbocycles. The van der Waals surface area contributed by atoms with E-state index in [1.54, 1.807) is 12.1 Å². The third kappa shape index (κ3) is 1.78. The summed E-state index contributed by atoms with van der Waals surface area (Å²) in [6, 6.07) is 5.85. The Morgan fingerprint density at radius 3 is 2.42 bits per heavy atom. The number of para-hydroxylation sites is 1. The van der Waals surface area contributed by atoms with Crippen LogP contribution >= 0.6 is 15.9 Å². The topological polar surface area (TPSA) is 54.4 Å². The Morgan fingerprint density at radius 2 is 1.92 bits per heavy atom. The van der Waals surface area contributed by atoms with Gasteiger partial charge in [-0.15, -0.1) is 0 Å². The molecule has 0 bridgehead atoms. The second-order valence-electron chi connectivity index (χ2n) is 2.19. The molecular formula is C7H7BrO3S. The van der Waals surface area contributed by atoms with Gasteiger partial charge in [-0.2, -0.15) is 0 Å². The van der Waals surface area contributed by atoms with Crippen LogP contribution in [-0.2, 0) is 9.84 Å². The molecule has 0 atom stereocenters. The number of alkyl halides is 1. The number of halogens is 1. The summed E-state index contributed by atoms with van der Waals surface area (Å²) in [6.07, 6.45) is 0. The highest BCUT2D eigenvalue weighted by Gasteiger charge is 2.15. The molecule has 0 amide bonds. The third-order valence-corrected chi connectivity index (χ3v) is 4.45. The van der Waals surface area contributed by atoms with Gasteiger partial charge in [0.2, 0.25) is 0 Å². The van der Waals surface area contributed by atoms with E-state index in [9.17, 15) is 13.5 Å². The monoisotopic (exact) mass is 250 g/mol. The minimum absolute atomic E-state index is 0.0399. The molecule has 0 aliphatic heterocycles. The molecule has 1 rings (SSSR count). The fourth-order valence-corrected chi connectivity index (χ4v) is 2.31. The summed E-state index contributed by atoms with van der Waals surface area (Å²) in [5, 5.41) is 9.18. The van der Waals surface area contributed by atoms with Crippen molar-refractivity contribution >= 4 is 25.8 Å². The minimum Gasteiger partial charge on any atom is -0.507 e. The molecule has 1 N–H and O–H groups in total. The highest BCUT2D eigenvalue weighted by Crippen LogP contribution is 2.23. The van der Waals surface area contributed by atoms with E-state index < -0.39 is 9.84 Å². The second-order valence-corrected chi connectivity index (χ2v) is 5.45. The maximum Gasteiger partial charge on any atom is 0.191 e. The lowest BCUT2D eigenvalue weighted by atomic mass is 10.3. The van der Waals surface area contributed by atoms with Gasteiger partial charge in [-0.05, 0) is 12.1 Å². The van der Waals surface area contributed by atoms with Crippen LogP contribution in [0.15, 0.2) is 29.2 Å². The summed E-state index contributed by atoms with van der Waals surface area (Å²) >= 11 is 2.84. The van der Waals surface area contributed by atoms with Gasteiger partial charge in [0.15, 0.2) is 9.84 Å². The van der Waals surface area contributed by atoms with Crippen molar-refractivity contribution in [2.75, 3.05) is 4.66 Å². The molecule has 3 nitrogen and oxygen atoms in total. The largest absolute Gasteiger partial charge is 0.507 e. The predicted octanol–water partition coefficient (Wildman–Crippen LogP) is 1.52. The van der Waals surface area contributed by atoms with Crippen LogP contribution in [0.2, 0.25) is 0 Å². The highest BCUT2D eigenvalue weighted by molar-refractivity contribution is 9.10. The van der Waals surface area contributed by atoms with E-state index in [4.69, 9.17) is 0 Å². The molecule has 0 fully saturated rings. The van der Waals surface area contributed by atoms with E-state index in [1.165, 1.54) is 12.1 Å². The van der Waals surface area contributed by atoms with Crippen LogP contribution in [0.4, 0.5) is 0 Å². The molecule has 1 aromatic carbocycles. The van der Waals surface area contributed by atoms with Crippen LogP contribution in [0.3, 0.4) is 0 Å². The van der Waals surface area contributed by atoms with Crippen molar-refractivity contribution in [3.05, 3.63) is 24.3 Å². The Bertz CT molecular complexity index is 372. The summed E-state index contributed by atoms with van der Waals surface area (Å²) in [6.45, 7) is 0. The average Bonchev–Trinajstić information content (AvgIpc) is 2.05. The molecule has 66 valence electrons. The first-order valence-corrected chi connectivity index (χ1v) is 5.92. The Balaban J connectivity index is 3.30. The second kappa shape index (κ2) is 3.45. The first-order valence-electron chi connectivity index (χ1n) is 3.14. The van der Waals surface area contributed by atoms with Crippen molar-refractivity contribution in [2.45, 2.75) is 4.90 Å². The van der Waals surface area contributed by atoms with Crippen LogP contribution in [0, 0.1) is 0 Å². The fraction of sp³-hybridized carbons (Fsp3) is 0.143. The van der Waals surface area contributed by atoms with Gasteiger partial charge in [-0.3, -0.25) is 0 Å². The highest BCUT2D eigenvalue weighted by atomic mass is 79.9. The van der Waals surface area contributed by atoms with Gasteiger partial charge in [0.1, 0.15) is 15.3 Å². The number of phenols is 1. The molecule has 0 radical (unpaired) electrons. The lowest BCUT2D eigenvalue weighted by molar-refractivity contribution is 0.459. The molecule has 0 aliphatic rings. The van der Waals surface area contributed by atoms with Crippen LogP contribution in [0.5, 0.6) is 5.75 Å². The number of rotatable bonds is 2. The van der Waals surface area contributed by atoms with Gasteiger partial charge in [-0.1, -0.05) is 28.1 Å². The van der Waals surface area contributed by atoms with Gasteiger partial charge < -0.3 is 5.11 Å². The molecule has 0 unspecified atom stereocenters. The van der Waals surface area contributed by atoms with E-state index >= 15 is 0 Å². The summed E-state index contributed by atoms with van der Waals surface area (Å²) in [5.41, 5.74) is 0. The number of hydrogen-bond acceptors (Lipinski definition) is 3. The number of benzene rings is 1. The molecule has 0 spiro atoms. The Labute approximate surface area is 79.1 Å². The van der Waals surface area contributed by atoms with Crippen LogP contribution in [-0.4, -0.2) is 18.2 Å². The maximum atomic E-state index is 11.2. The zero-order valence-electron chi connectivity index (χ0n) is 6.07. The van der Waals surface area contributed by atoms with Crippen molar-refractivity contribution in [3.8, 4) is 5.75 Å². The Hall–Kier alpha value is -0.550. The first-order chi connectivity index (χ1) is 5.58. The number of aromatic hydroxyl groups is 1. The van der Waals surface area contributed by atoms with Crippen molar-refractivity contribution in [2.24, 2.45) is 0 Å². The SMILES string of the molecule is O=S(=O)(CBr)c1ccccc1O. The third-order valence-electron chi connectivity index (χ3n) is 1.34. The molecule has 0 saturated heterocycles. The summed E-state index contributed by atoms with van der Waals surface area (Å²) in [4.78, 5) is -0.0399. The molecule has 0 heterocycles. The first kappa shape index (κ1) is 9.54. The normalized spacial score (nSPS) is 11.4. The van der Waals surface area contributed by atoms with Crippen LogP contribution in [0.1, 0.15) is 0 Å². The number of sulfone groups is 1. The maximum absolute atomic E-state index is 11.2. The van der Waals surface area contributed by atoms with Gasteiger partial charge >= 0.3 is 0 Å². The smallest absolute Gasteiger partial charge is 0.191 e. The molecule has 1 aromatic rings. The molecule has 5 heteroatoms. The average molecular weight is 251 g/mol. The van der Waals surface area contributed by atoms with E-state index in [2.05, 4.69) is 15.9 Å². The lowest BCUT2D eigenvalue weighted by Gasteiger charge is -2.01. The minimum atomic E-state index is -3.36. The van der Waals surface area contributed by atoms with Gasteiger partial charge in [0, 0.05) is 0 Å². The summed E-state index contributed by atoms with van der Waals surface area (Å²) < 4.78 is 22.2. The quantitative estimate of drug-likeness (QED) is 0.811. The van der Waals surface area contributed by atoms with Gasteiger partial charge in [0.25, 0.3) is 0 Å². The van der Waals surface area contributed by atoms with Crippen molar-refractivity contribution < 1.29 is 13.5 Å². The Kier molecular flexibility index (Phi) is 2.74. The number of phenolic OH excluding ortho intramolecular Hbond substituents is 1. The zero-order valence-corrected chi connectivity index (χ0v) is 8.47. The molecular weight excluding hydrogens is 244 g/mol. The molecule has 12 heavy (non-hydrogen) atoms. The van der Waals surface area contributed by atoms with Crippen LogP contribution in [0.25, 0.3) is 0 Å². The van der Waals surface area contributed by atoms with Gasteiger partial charge in [0.05, 0.1) is 0 Å². The summed E-state index contributed by atoms with van der Waals surface area (Å²) in [7, 11) is -3.36. The predicted molar refractivity (Wildman–Crippen MR) is 49.1 cm³/mol. The summed E-state index contributed by atoms with van der Waals surface area (Å²) in [5.74, 6) is -0.211. The molecule has 0 aromatic heterocycles. The van der Waals surface area contributed by atoms with E-state index in [-0.39, 0.29) is 15.3 Å². The molecule has 0 aliphatic carbocycles. The van der Waals surface area contributed by atoms with Gasteiger partial charge in [-0.25, -0.2) is 8.42 Å².